The van der Waals surface area contributed by atoms with Gasteiger partial charge in [0, 0.05) is 13.0 Å². The summed E-state index contributed by atoms with van der Waals surface area (Å²) in [6, 6.07) is 0. The zero-order valence-corrected chi connectivity index (χ0v) is 6.16. The van der Waals surface area contributed by atoms with Gasteiger partial charge in [0.15, 0.2) is 0 Å². The molecule has 0 saturated heterocycles. The fraction of sp³-hybridized carbons (Fsp3) is 0.429. The minimum Gasteiger partial charge on any atom is -0.456 e. The van der Waals surface area contributed by atoms with E-state index in [0.717, 1.165) is 0 Å². The van der Waals surface area contributed by atoms with Crippen molar-refractivity contribution < 1.29 is 14.3 Å². The molecule has 1 amide bonds. The fourth-order valence-corrected chi connectivity index (χ4v) is 0.817. The molecule has 1 N–H and O–H groups in total. The molecule has 1 rings (SSSR count). The number of esters is 1. The van der Waals surface area contributed by atoms with Crippen molar-refractivity contribution in [3.8, 4) is 0 Å². The molecule has 0 aromatic rings. The second-order valence-electron chi connectivity index (χ2n) is 2.25. The molecule has 4 nitrogen and oxygen atoms in total. The predicted molar refractivity (Wildman–Crippen MR) is 37.7 cm³/mol. The lowest BCUT2D eigenvalue weighted by Gasteiger charge is -2.16. The second kappa shape index (κ2) is 3.18. The van der Waals surface area contributed by atoms with Crippen LogP contribution in [0.25, 0.3) is 0 Å². The lowest BCUT2D eigenvalue weighted by Crippen LogP contribution is -2.36. The predicted octanol–water partition coefficient (Wildman–Crippen LogP) is -0.396. The highest BCUT2D eigenvalue weighted by Crippen LogP contribution is 1.98. The van der Waals surface area contributed by atoms with Crippen LogP contribution in [0.15, 0.2) is 12.2 Å². The van der Waals surface area contributed by atoms with E-state index >= 15 is 0 Å². The molecule has 60 valence electrons. The maximum absolute atomic E-state index is 10.6. The number of hydrogen-bond acceptors (Lipinski definition) is 3. The molecule has 1 atom stereocenters. The average molecular weight is 155 g/mol. The molecule has 11 heavy (non-hydrogen) atoms. The van der Waals surface area contributed by atoms with E-state index in [2.05, 4.69) is 5.32 Å². The number of carbonyl (C=O) groups excluding carboxylic acids is 2. The topological polar surface area (TPSA) is 55.4 Å². The summed E-state index contributed by atoms with van der Waals surface area (Å²) in [7, 11) is 0. The van der Waals surface area contributed by atoms with Crippen molar-refractivity contribution in [2.45, 2.75) is 13.0 Å². The summed E-state index contributed by atoms with van der Waals surface area (Å²) in [4.78, 5) is 21.0. The summed E-state index contributed by atoms with van der Waals surface area (Å²) in [5.41, 5.74) is 0. The monoisotopic (exact) mass is 155 g/mol. The number of rotatable bonds is 1. The van der Waals surface area contributed by atoms with Crippen LogP contribution in [0.5, 0.6) is 0 Å². The van der Waals surface area contributed by atoms with Crippen LogP contribution in [0.3, 0.4) is 0 Å². The third-order valence-electron chi connectivity index (χ3n) is 1.26. The largest absolute Gasteiger partial charge is 0.456 e. The van der Waals surface area contributed by atoms with Gasteiger partial charge in [0.05, 0.1) is 6.54 Å². The summed E-state index contributed by atoms with van der Waals surface area (Å²) in [6.07, 6.45) is 2.63. The van der Waals surface area contributed by atoms with Gasteiger partial charge in [-0.1, -0.05) is 0 Å². The summed E-state index contributed by atoms with van der Waals surface area (Å²) in [5, 5.41) is 2.53. The highest BCUT2D eigenvalue weighted by molar-refractivity contribution is 5.88. The molecule has 0 spiro atoms. The van der Waals surface area contributed by atoms with E-state index in [1.54, 1.807) is 6.08 Å². The highest BCUT2D eigenvalue weighted by Gasteiger charge is 2.13. The lowest BCUT2D eigenvalue weighted by molar-refractivity contribution is -0.144. The van der Waals surface area contributed by atoms with Crippen LogP contribution in [-0.4, -0.2) is 24.5 Å². The minimum atomic E-state index is -0.337. The van der Waals surface area contributed by atoms with Crippen LogP contribution in [0.4, 0.5) is 0 Å². The summed E-state index contributed by atoms with van der Waals surface area (Å²) in [6.45, 7) is 1.71. The van der Waals surface area contributed by atoms with Gasteiger partial charge in [-0.15, -0.1) is 0 Å². The van der Waals surface area contributed by atoms with E-state index in [-0.39, 0.29) is 18.0 Å². The Kier molecular flexibility index (Phi) is 2.25. The molecule has 0 aliphatic carbocycles. The van der Waals surface area contributed by atoms with Crippen molar-refractivity contribution in [3.63, 3.8) is 0 Å². The Balaban J connectivity index is 2.44. The number of nitrogens with one attached hydrogen (secondary N) is 1. The molecule has 1 aliphatic heterocycles. The van der Waals surface area contributed by atoms with Crippen LogP contribution in [-0.2, 0) is 14.3 Å². The van der Waals surface area contributed by atoms with Crippen molar-refractivity contribution in [2.75, 3.05) is 6.54 Å². The van der Waals surface area contributed by atoms with Crippen molar-refractivity contribution in [2.24, 2.45) is 0 Å². The SMILES string of the molecule is CC(=O)OC1C=CC(=O)NC1. The van der Waals surface area contributed by atoms with E-state index in [1.807, 2.05) is 0 Å². The molecule has 0 aromatic carbocycles. The molecule has 0 radical (unpaired) electrons. The van der Waals surface area contributed by atoms with E-state index in [9.17, 15) is 9.59 Å². The van der Waals surface area contributed by atoms with Crippen LogP contribution in [0.1, 0.15) is 6.92 Å². The molecule has 1 heterocycles. The fourth-order valence-electron chi connectivity index (χ4n) is 0.817. The van der Waals surface area contributed by atoms with Crippen molar-refractivity contribution in [3.05, 3.63) is 12.2 Å². The van der Waals surface area contributed by atoms with Gasteiger partial charge >= 0.3 is 5.97 Å². The van der Waals surface area contributed by atoms with Crippen LogP contribution < -0.4 is 5.32 Å². The van der Waals surface area contributed by atoms with Gasteiger partial charge in [-0.25, -0.2) is 0 Å². The molecular weight excluding hydrogens is 146 g/mol. The molecule has 0 saturated carbocycles. The summed E-state index contributed by atoms with van der Waals surface area (Å²) in [5.74, 6) is -0.482. The number of amides is 1. The van der Waals surface area contributed by atoms with Gasteiger partial charge in [-0.3, -0.25) is 9.59 Å². The van der Waals surface area contributed by atoms with E-state index in [1.165, 1.54) is 13.0 Å². The van der Waals surface area contributed by atoms with Gasteiger partial charge < -0.3 is 10.1 Å². The number of ether oxygens (including phenoxy) is 1. The van der Waals surface area contributed by atoms with Crippen LogP contribution in [0.2, 0.25) is 0 Å². The first-order chi connectivity index (χ1) is 5.18. The van der Waals surface area contributed by atoms with Gasteiger partial charge in [-0.2, -0.15) is 0 Å². The lowest BCUT2D eigenvalue weighted by atomic mass is 10.2. The summed E-state index contributed by atoms with van der Waals surface area (Å²) < 4.78 is 4.80. The second-order valence-corrected chi connectivity index (χ2v) is 2.25. The maximum atomic E-state index is 10.6. The van der Waals surface area contributed by atoms with Gasteiger partial charge in [-0.05, 0) is 6.08 Å². The van der Waals surface area contributed by atoms with Crippen molar-refractivity contribution in [1.29, 1.82) is 0 Å². The highest BCUT2D eigenvalue weighted by atomic mass is 16.5. The van der Waals surface area contributed by atoms with Gasteiger partial charge in [0.1, 0.15) is 6.10 Å². The van der Waals surface area contributed by atoms with E-state index in [4.69, 9.17) is 4.74 Å². The smallest absolute Gasteiger partial charge is 0.303 e. The third-order valence-corrected chi connectivity index (χ3v) is 1.26. The number of hydrogen-bond donors (Lipinski definition) is 1. The van der Waals surface area contributed by atoms with E-state index in [0.29, 0.717) is 6.54 Å². The molecule has 1 unspecified atom stereocenters. The Morgan fingerprint density at radius 2 is 2.55 bits per heavy atom. The van der Waals surface area contributed by atoms with Gasteiger partial charge in [0.2, 0.25) is 5.91 Å². The molecule has 0 aromatic heterocycles. The normalized spacial score (nSPS) is 22.6. The first-order valence-electron chi connectivity index (χ1n) is 3.32. The molecule has 0 bridgehead atoms. The first kappa shape index (κ1) is 7.78. The third kappa shape index (κ3) is 2.41. The molecule has 4 heteroatoms. The molecule has 1 aliphatic rings. The zero-order chi connectivity index (χ0) is 8.27. The Bertz CT molecular complexity index is 210. The Morgan fingerprint density at radius 3 is 3.00 bits per heavy atom. The zero-order valence-electron chi connectivity index (χ0n) is 6.16. The standard InChI is InChI=1S/C7H9NO3/c1-5(9)11-6-2-3-7(10)8-4-6/h2-3,6H,4H2,1H3,(H,8,10). The minimum absolute atomic E-state index is 0.145. The Morgan fingerprint density at radius 1 is 1.82 bits per heavy atom. The quantitative estimate of drug-likeness (QED) is 0.524. The van der Waals surface area contributed by atoms with Crippen molar-refractivity contribution in [1.82, 2.24) is 5.32 Å². The van der Waals surface area contributed by atoms with Gasteiger partial charge in [0.25, 0.3) is 0 Å². The average Bonchev–Trinajstić information content (AvgIpc) is 1.93. The van der Waals surface area contributed by atoms with E-state index < -0.39 is 0 Å². The molecule has 0 fully saturated rings. The maximum Gasteiger partial charge on any atom is 0.303 e. The first-order valence-corrected chi connectivity index (χ1v) is 3.32. The van der Waals surface area contributed by atoms with Crippen LogP contribution >= 0.6 is 0 Å². The Hall–Kier alpha value is -1.32. The van der Waals surface area contributed by atoms with Crippen LogP contribution in [0, 0.1) is 0 Å². The molecular formula is C7H9NO3. The van der Waals surface area contributed by atoms with Crippen molar-refractivity contribution >= 4 is 11.9 Å². The number of carbonyl (C=O) groups is 2. The Labute approximate surface area is 64.2 Å². The summed E-state index contributed by atoms with van der Waals surface area (Å²) >= 11 is 0.